The van der Waals surface area contributed by atoms with Crippen LogP contribution in [0.4, 0.5) is 5.69 Å². The number of piperidine rings is 1. The Morgan fingerprint density at radius 2 is 1.90 bits per heavy atom. The Morgan fingerprint density at radius 3 is 2.43 bits per heavy atom. The number of carbonyl (C=O) groups is 1. The second kappa shape index (κ2) is 6.94. The van der Waals surface area contributed by atoms with Crippen molar-refractivity contribution in [3.63, 3.8) is 0 Å². The molecule has 2 rings (SSSR count). The summed E-state index contributed by atoms with van der Waals surface area (Å²) in [5.74, 6) is 0.737. The molecule has 0 bridgehead atoms. The Hall–Kier alpha value is -1.55. The van der Waals surface area contributed by atoms with Crippen LogP contribution in [0.2, 0.25) is 0 Å². The SMILES string of the molecule is Cc1cccc(C)c1NCC(=O)N1CCC(C(C)N)CC1. The summed E-state index contributed by atoms with van der Waals surface area (Å²) in [6.45, 7) is 8.22. The number of likely N-dealkylation sites (tertiary alicyclic amines) is 1. The summed E-state index contributed by atoms with van der Waals surface area (Å²) in [5.41, 5.74) is 9.38. The third-order valence-electron chi connectivity index (χ3n) is 4.53. The zero-order valence-corrected chi connectivity index (χ0v) is 13.4. The van der Waals surface area contributed by atoms with Crippen molar-refractivity contribution in [2.45, 2.75) is 39.7 Å². The number of hydrogen-bond acceptors (Lipinski definition) is 3. The van der Waals surface area contributed by atoms with E-state index in [0.29, 0.717) is 12.5 Å². The van der Waals surface area contributed by atoms with Crippen molar-refractivity contribution < 1.29 is 4.79 Å². The van der Waals surface area contributed by atoms with Gasteiger partial charge in [-0.3, -0.25) is 4.79 Å². The molecular weight excluding hydrogens is 262 g/mol. The maximum Gasteiger partial charge on any atom is 0.241 e. The molecule has 1 aliphatic heterocycles. The van der Waals surface area contributed by atoms with Crippen molar-refractivity contribution in [2.75, 3.05) is 25.0 Å². The van der Waals surface area contributed by atoms with E-state index < -0.39 is 0 Å². The number of anilines is 1. The largest absolute Gasteiger partial charge is 0.376 e. The Labute approximate surface area is 127 Å². The van der Waals surface area contributed by atoms with Crippen LogP contribution in [-0.2, 0) is 4.79 Å². The summed E-state index contributed by atoms with van der Waals surface area (Å²) in [6, 6.07) is 6.40. The summed E-state index contributed by atoms with van der Waals surface area (Å²) >= 11 is 0. The lowest BCUT2D eigenvalue weighted by atomic mass is 9.91. The molecule has 1 heterocycles. The third kappa shape index (κ3) is 3.97. The van der Waals surface area contributed by atoms with Crippen LogP contribution in [0.15, 0.2) is 18.2 Å². The Morgan fingerprint density at radius 1 is 1.33 bits per heavy atom. The molecule has 1 aromatic carbocycles. The van der Waals surface area contributed by atoms with Gasteiger partial charge in [0.2, 0.25) is 5.91 Å². The topological polar surface area (TPSA) is 58.4 Å². The molecule has 1 aliphatic rings. The van der Waals surface area contributed by atoms with E-state index in [0.717, 1.165) is 31.6 Å². The number of hydrogen-bond donors (Lipinski definition) is 2. The van der Waals surface area contributed by atoms with Gasteiger partial charge in [-0.05, 0) is 50.7 Å². The Kier molecular flexibility index (Phi) is 5.23. The van der Waals surface area contributed by atoms with Gasteiger partial charge in [-0.25, -0.2) is 0 Å². The van der Waals surface area contributed by atoms with Gasteiger partial charge in [0.15, 0.2) is 0 Å². The Balaban J connectivity index is 1.86. The normalized spacial score (nSPS) is 17.6. The number of carbonyl (C=O) groups excluding carboxylic acids is 1. The molecule has 0 spiro atoms. The lowest BCUT2D eigenvalue weighted by molar-refractivity contribution is -0.130. The van der Waals surface area contributed by atoms with Crippen LogP contribution < -0.4 is 11.1 Å². The highest BCUT2D eigenvalue weighted by molar-refractivity contribution is 5.81. The first kappa shape index (κ1) is 15.8. The minimum atomic E-state index is 0.181. The van der Waals surface area contributed by atoms with Crippen molar-refractivity contribution in [2.24, 2.45) is 11.7 Å². The highest BCUT2D eigenvalue weighted by Crippen LogP contribution is 2.21. The highest BCUT2D eigenvalue weighted by Gasteiger charge is 2.24. The fraction of sp³-hybridized carbons (Fsp3) is 0.588. The molecule has 3 N–H and O–H groups in total. The predicted molar refractivity (Wildman–Crippen MR) is 87.4 cm³/mol. The Bertz CT molecular complexity index is 471. The quantitative estimate of drug-likeness (QED) is 0.894. The van der Waals surface area contributed by atoms with Gasteiger partial charge in [-0.1, -0.05) is 18.2 Å². The average molecular weight is 289 g/mol. The van der Waals surface area contributed by atoms with Crippen molar-refractivity contribution in [3.05, 3.63) is 29.3 Å². The number of aryl methyl sites for hydroxylation is 2. The third-order valence-corrected chi connectivity index (χ3v) is 4.53. The molecule has 1 fully saturated rings. The number of amides is 1. The number of para-hydroxylation sites is 1. The zero-order chi connectivity index (χ0) is 15.4. The molecule has 0 radical (unpaired) electrons. The molecule has 1 unspecified atom stereocenters. The second-order valence-electron chi connectivity index (χ2n) is 6.20. The van der Waals surface area contributed by atoms with Gasteiger partial charge in [0.05, 0.1) is 6.54 Å². The van der Waals surface area contributed by atoms with Crippen molar-refractivity contribution >= 4 is 11.6 Å². The van der Waals surface area contributed by atoms with Gasteiger partial charge in [-0.2, -0.15) is 0 Å². The minimum absolute atomic E-state index is 0.181. The van der Waals surface area contributed by atoms with E-state index in [4.69, 9.17) is 5.73 Å². The van der Waals surface area contributed by atoms with Crippen LogP contribution in [0.5, 0.6) is 0 Å². The number of rotatable bonds is 4. The first-order valence-electron chi connectivity index (χ1n) is 7.82. The van der Waals surface area contributed by atoms with E-state index in [1.54, 1.807) is 0 Å². The summed E-state index contributed by atoms with van der Waals surface area (Å²) in [7, 11) is 0. The second-order valence-corrected chi connectivity index (χ2v) is 6.20. The van der Waals surface area contributed by atoms with Gasteiger partial charge in [0.1, 0.15) is 0 Å². The predicted octanol–water partition coefficient (Wildman–Crippen LogP) is 2.30. The molecule has 4 heteroatoms. The lowest BCUT2D eigenvalue weighted by Crippen LogP contribution is -2.44. The van der Waals surface area contributed by atoms with Gasteiger partial charge in [-0.15, -0.1) is 0 Å². The molecule has 116 valence electrons. The lowest BCUT2D eigenvalue weighted by Gasteiger charge is -2.34. The molecule has 1 amide bonds. The van der Waals surface area contributed by atoms with Gasteiger partial charge in [0, 0.05) is 24.8 Å². The average Bonchev–Trinajstić information content (AvgIpc) is 2.46. The smallest absolute Gasteiger partial charge is 0.241 e. The van der Waals surface area contributed by atoms with E-state index in [-0.39, 0.29) is 11.9 Å². The van der Waals surface area contributed by atoms with E-state index in [2.05, 4.69) is 38.2 Å². The van der Waals surface area contributed by atoms with Crippen LogP contribution in [0.3, 0.4) is 0 Å². The number of nitrogens with zero attached hydrogens (tertiary/aromatic N) is 1. The summed E-state index contributed by atoms with van der Waals surface area (Å²) in [6.07, 6.45) is 2.04. The monoisotopic (exact) mass is 289 g/mol. The van der Waals surface area contributed by atoms with E-state index in [9.17, 15) is 4.79 Å². The zero-order valence-electron chi connectivity index (χ0n) is 13.4. The molecule has 0 aliphatic carbocycles. The molecular formula is C17H27N3O. The van der Waals surface area contributed by atoms with Gasteiger partial charge in [0.25, 0.3) is 0 Å². The van der Waals surface area contributed by atoms with E-state index in [1.165, 1.54) is 11.1 Å². The van der Waals surface area contributed by atoms with Gasteiger partial charge >= 0.3 is 0 Å². The van der Waals surface area contributed by atoms with Crippen molar-refractivity contribution in [1.29, 1.82) is 0 Å². The van der Waals surface area contributed by atoms with Crippen molar-refractivity contribution in [3.8, 4) is 0 Å². The standard InChI is InChI=1S/C17H27N3O/c1-12-5-4-6-13(2)17(12)19-11-16(21)20-9-7-15(8-10-20)14(3)18/h4-6,14-15,19H,7-11,18H2,1-3H3. The molecule has 4 nitrogen and oxygen atoms in total. The first-order valence-corrected chi connectivity index (χ1v) is 7.82. The summed E-state index contributed by atoms with van der Waals surface area (Å²) in [4.78, 5) is 14.3. The molecule has 0 saturated carbocycles. The summed E-state index contributed by atoms with van der Waals surface area (Å²) in [5, 5.41) is 3.30. The fourth-order valence-electron chi connectivity index (χ4n) is 3.04. The molecule has 1 saturated heterocycles. The molecule has 0 aromatic heterocycles. The van der Waals surface area contributed by atoms with Crippen LogP contribution in [0.25, 0.3) is 0 Å². The van der Waals surface area contributed by atoms with Crippen molar-refractivity contribution in [1.82, 2.24) is 4.90 Å². The molecule has 1 aromatic rings. The maximum atomic E-state index is 12.3. The number of nitrogens with two attached hydrogens (primary N) is 1. The van der Waals surface area contributed by atoms with Crippen LogP contribution in [0.1, 0.15) is 30.9 Å². The number of benzene rings is 1. The van der Waals surface area contributed by atoms with Crippen LogP contribution in [0, 0.1) is 19.8 Å². The highest BCUT2D eigenvalue weighted by atomic mass is 16.2. The van der Waals surface area contributed by atoms with Crippen LogP contribution in [-0.4, -0.2) is 36.5 Å². The molecule has 1 atom stereocenters. The van der Waals surface area contributed by atoms with Crippen LogP contribution >= 0.6 is 0 Å². The summed E-state index contributed by atoms with van der Waals surface area (Å²) < 4.78 is 0. The first-order chi connectivity index (χ1) is 9.99. The maximum absolute atomic E-state index is 12.3. The van der Waals surface area contributed by atoms with E-state index in [1.807, 2.05) is 11.0 Å². The van der Waals surface area contributed by atoms with Gasteiger partial charge < -0.3 is 16.0 Å². The minimum Gasteiger partial charge on any atom is -0.376 e. The van der Waals surface area contributed by atoms with E-state index >= 15 is 0 Å². The number of nitrogens with one attached hydrogen (secondary N) is 1. The molecule has 21 heavy (non-hydrogen) atoms. The fourth-order valence-corrected chi connectivity index (χ4v) is 3.04.